The molecule has 0 radical (unpaired) electrons. The molecule has 26 heavy (non-hydrogen) atoms. The molecule has 1 aliphatic rings. The SMILES string of the molecule is NCC1CCN(C(=O)c2ccccc2CSc2nc3ccccc3[nH]2)C1. The summed E-state index contributed by atoms with van der Waals surface area (Å²) in [5.74, 6) is 1.24. The maximum Gasteiger partial charge on any atom is 0.254 e. The minimum absolute atomic E-state index is 0.113. The van der Waals surface area contributed by atoms with E-state index >= 15 is 0 Å². The average molecular weight is 366 g/mol. The van der Waals surface area contributed by atoms with Crippen molar-refractivity contribution in [2.45, 2.75) is 17.3 Å². The molecule has 1 fully saturated rings. The second-order valence-corrected chi connectivity index (χ2v) is 7.61. The molecular weight excluding hydrogens is 344 g/mol. The lowest BCUT2D eigenvalue weighted by Gasteiger charge is -2.18. The second-order valence-electron chi connectivity index (χ2n) is 6.65. The number of imidazole rings is 1. The highest BCUT2D eigenvalue weighted by Gasteiger charge is 2.27. The van der Waals surface area contributed by atoms with Crippen LogP contribution in [0.2, 0.25) is 0 Å². The molecule has 2 heterocycles. The number of nitrogens with one attached hydrogen (secondary N) is 1. The number of hydrogen-bond acceptors (Lipinski definition) is 4. The number of nitrogens with two attached hydrogens (primary N) is 1. The molecule has 134 valence electrons. The first-order valence-corrected chi connectivity index (χ1v) is 9.88. The molecule has 1 aliphatic heterocycles. The number of benzene rings is 2. The van der Waals surface area contributed by atoms with E-state index in [-0.39, 0.29) is 5.91 Å². The predicted octanol–water partition coefficient (Wildman–Crippen LogP) is 3.28. The Kier molecular flexibility index (Phi) is 4.95. The summed E-state index contributed by atoms with van der Waals surface area (Å²) in [6, 6.07) is 15.9. The van der Waals surface area contributed by atoms with Crippen molar-refractivity contribution in [1.82, 2.24) is 14.9 Å². The van der Waals surface area contributed by atoms with E-state index in [2.05, 4.69) is 9.97 Å². The largest absolute Gasteiger partial charge is 0.338 e. The topological polar surface area (TPSA) is 75.0 Å². The number of thioether (sulfide) groups is 1. The van der Waals surface area contributed by atoms with E-state index < -0.39 is 0 Å². The van der Waals surface area contributed by atoms with Gasteiger partial charge >= 0.3 is 0 Å². The van der Waals surface area contributed by atoms with Gasteiger partial charge in [0.15, 0.2) is 5.16 Å². The number of aromatic nitrogens is 2. The zero-order chi connectivity index (χ0) is 17.9. The highest BCUT2D eigenvalue weighted by atomic mass is 32.2. The number of carbonyl (C=O) groups excluding carboxylic acids is 1. The summed E-state index contributed by atoms with van der Waals surface area (Å²) in [4.78, 5) is 22.8. The third kappa shape index (κ3) is 3.48. The van der Waals surface area contributed by atoms with Crippen molar-refractivity contribution in [3.05, 3.63) is 59.7 Å². The molecule has 3 aromatic rings. The lowest BCUT2D eigenvalue weighted by atomic mass is 10.1. The summed E-state index contributed by atoms with van der Waals surface area (Å²) in [7, 11) is 0. The van der Waals surface area contributed by atoms with Crippen LogP contribution in [0, 0.1) is 5.92 Å². The van der Waals surface area contributed by atoms with E-state index in [0.717, 1.165) is 46.8 Å². The Hall–Kier alpha value is -2.31. The highest BCUT2D eigenvalue weighted by Crippen LogP contribution is 2.26. The fraction of sp³-hybridized carbons (Fsp3) is 0.300. The van der Waals surface area contributed by atoms with Crippen LogP contribution in [-0.4, -0.2) is 40.4 Å². The van der Waals surface area contributed by atoms with Gasteiger partial charge in [-0.15, -0.1) is 0 Å². The molecule has 6 heteroatoms. The molecule has 1 atom stereocenters. The summed E-state index contributed by atoms with van der Waals surface area (Å²) in [6.45, 7) is 2.21. The van der Waals surface area contributed by atoms with Crippen molar-refractivity contribution in [3.8, 4) is 0 Å². The minimum atomic E-state index is 0.113. The molecule has 1 unspecified atom stereocenters. The van der Waals surface area contributed by atoms with E-state index in [1.54, 1.807) is 11.8 Å². The van der Waals surface area contributed by atoms with Gasteiger partial charge in [-0.3, -0.25) is 4.79 Å². The lowest BCUT2D eigenvalue weighted by molar-refractivity contribution is 0.0787. The van der Waals surface area contributed by atoms with Gasteiger partial charge in [0, 0.05) is 24.4 Å². The van der Waals surface area contributed by atoms with Crippen LogP contribution in [0.15, 0.2) is 53.7 Å². The van der Waals surface area contributed by atoms with Gasteiger partial charge in [0.2, 0.25) is 0 Å². The number of hydrogen-bond donors (Lipinski definition) is 2. The minimum Gasteiger partial charge on any atom is -0.338 e. The first kappa shape index (κ1) is 17.1. The third-order valence-electron chi connectivity index (χ3n) is 4.89. The quantitative estimate of drug-likeness (QED) is 0.680. The molecule has 1 saturated heterocycles. The van der Waals surface area contributed by atoms with Crippen LogP contribution in [-0.2, 0) is 5.75 Å². The van der Waals surface area contributed by atoms with Crippen molar-refractivity contribution in [1.29, 1.82) is 0 Å². The number of rotatable bonds is 5. The number of H-pyrrole nitrogens is 1. The van der Waals surface area contributed by atoms with Crippen molar-refractivity contribution in [2.75, 3.05) is 19.6 Å². The number of para-hydroxylation sites is 2. The van der Waals surface area contributed by atoms with Crippen LogP contribution < -0.4 is 5.73 Å². The molecule has 3 N–H and O–H groups in total. The van der Waals surface area contributed by atoms with Gasteiger partial charge in [-0.25, -0.2) is 4.98 Å². The molecule has 2 aromatic carbocycles. The Bertz CT molecular complexity index is 890. The summed E-state index contributed by atoms with van der Waals surface area (Å²) in [5, 5.41) is 0.873. The monoisotopic (exact) mass is 366 g/mol. The first-order chi connectivity index (χ1) is 12.7. The summed E-state index contributed by atoms with van der Waals surface area (Å²) in [5.41, 5.74) is 9.58. The number of amides is 1. The summed E-state index contributed by atoms with van der Waals surface area (Å²) < 4.78 is 0. The number of nitrogens with zero attached hydrogens (tertiary/aromatic N) is 2. The fourth-order valence-electron chi connectivity index (χ4n) is 3.38. The van der Waals surface area contributed by atoms with Crippen molar-refractivity contribution in [2.24, 2.45) is 11.7 Å². The molecular formula is C20H22N4OS. The second kappa shape index (κ2) is 7.51. The van der Waals surface area contributed by atoms with Gasteiger partial charge < -0.3 is 15.6 Å². The zero-order valence-electron chi connectivity index (χ0n) is 14.5. The number of fused-ring (bicyclic) bond motifs is 1. The predicted molar refractivity (Wildman–Crippen MR) is 105 cm³/mol. The van der Waals surface area contributed by atoms with Crippen LogP contribution in [0.5, 0.6) is 0 Å². The number of likely N-dealkylation sites (tertiary alicyclic amines) is 1. The van der Waals surface area contributed by atoms with Crippen LogP contribution in [0.3, 0.4) is 0 Å². The first-order valence-electron chi connectivity index (χ1n) is 8.89. The van der Waals surface area contributed by atoms with E-state index in [1.165, 1.54) is 0 Å². The molecule has 0 saturated carbocycles. The fourth-order valence-corrected chi connectivity index (χ4v) is 4.27. The molecule has 0 bridgehead atoms. The molecule has 5 nitrogen and oxygen atoms in total. The van der Waals surface area contributed by atoms with E-state index in [9.17, 15) is 4.79 Å². The third-order valence-corrected chi connectivity index (χ3v) is 5.81. The van der Waals surface area contributed by atoms with Crippen molar-refractivity contribution < 1.29 is 4.79 Å². The van der Waals surface area contributed by atoms with Gasteiger partial charge in [0.1, 0.15) is 0 Å². The maximum atomic E-state index is 12.9. The summed E-state index contributed by atoms with van der Waals surface area (Å²) in [6.07, 6.45) is 0.998. The van der Waals surface area contributed by atoms with E-state index in [1.807, 2.05) is 53.4 Å². The van der Waals surface area contributed by atoms with Gasteiger partial charge in [-0.05, 0) is 42.6 Å². The Balaban J connectivity index is 1.49. The van der Waals surface area contributed by atoms with Gasteiger partial charge in [-0.2, -0.15) is 0 Å². The van der Waals surface area contributed by atoms with E-state index in [4.69, 9.17) is 5.73 Å². The lowest BCUT2D eigenvalue weighted by Crippen LogP contribution is -2.30. The molecule has 1 aromatic heterocycles. The zero-order valence-corrected chi connectivity index (χ0v) is 15.3. The average Bonchev–Trinajstić information content (AvgIpc) is 3.32. The van der Waals surface area contributed by atoms with E-state index in [0.29, 0.717) is 18.2 Å². The van der Waals surface area contributed by atoms with Gasteiger partial charge in [-0.1, -0.05) is 42.1 Å². The van der Waals surface area contributed by atoms with Crippen LogP contribution in [0.1, 0.15) is 22.3 Å². The molecule has 4 rings (SSSR count). The Morgan fingerprint density at radius 2 is 2.04 bits per heavy atom. The molecule has 1 amide bonds. The summed E-state index contributed by atoms with van der Waals surface area (Å²) >= 11 is 1.62. The van der Waals surface area contributed by atoms with Crippen LogP contribution in [0.25, 0.3) is 11.0 Å². The normalized spacial score (nSPS) is 17.1. The Morgan fingerprint density at radius 3 is 2.85 bits per heavy atom. The van der Waals surface area contributed by atoms with Crippen molar-refractivity contribution in [3.63, 3.8) is 0 Å². The van der Waals surface area contributed by atoms with Crippen molar-refractivity contribution >= 4 is 28.7 Å². The standard InChI is InChI=1S/C20H22N4OS/c21-11-14-9-10-24(12-14)19(25)16-6-2-1-5-15(16)13-26-20-22-17-7-3-4-8-18(17)23-20/h1-8,14H,9-13,21H2,(H,22,23). The highest BCUT2D eigenvalue weighted by molar-refractivity contribution is 7.98. The number of aromatic amines is 1. The Labute approximate surface area is 157 Å². The Morgan fingerprint density at radius 1 is 1.23 bits per heavy atom. The number of carbonyl (C=O) groups is 1. The van der Waals surface area contributed by atoms with Crippen LogP contribution >= 0.6 is 11.8 Å². The van der Waals surface area contributed by atoms with Gasteiger partial charge in [0.05, 0.1) is 11.0 Å². The smallest absolute Gasteiger partial charge is 0.254 e. The van der Waals surface area contributed by atoms with Gasteiger partial charge in [0.25, 0.3) is 5.91 Å². The van der Waals surface area contributed by atoms with Crippen LogP contribution in [0.4, 0.5) is 0 Å². The maximum absolute atomic E-state index is 12.9. The molecule has 0 spiro atoms. The molecule has 0 aliphatic carbocycles.